The Labute approximate surface area is 153 Å². The minimum atomic E-state index is -0.0341. The van der Waals surface area contributed by atoms with Crippen molar-refractivity contribution in [2.75, 3.05) is 50.7 Å². The van der Waals surface area contributed by atoms with Crippen molar-refractivity contribution in [1.82, 2.24) is 15.1 Å². The average Bonchev–Trinajstić information content (AvgIpc) is 2.99. The Bertz CT molecular complexity index is 631. The van der Waals surface area contributed by atoms with Crippen molar-refractivity contribution in [3.05, 3.63) is 29.3 Å². The van der Waals surface area contributed by atoms with E-state index in [2.05, 4.69) is 10.2 Å². The van der Waals surface area contributed by atoms with Crippen molar-refractivity contribution in [2.45, 2.75) is 13.3 Å². The molecule has 1 aromatic rings. The third-order valence-corrected chi connectivity index (χ3v) is 5.19. The number of anilines is 1. The van der Waals surface area contributed by atoms with E-state index in [1.54, 1.807) is 0 Å². The van der Waals surface area contributed by atoms with Crippen molar-refractivity contribution in [2.24, 2.45) is 5.92 Å². The third kappa shape index (κ3) is 4.37. The zero-order valence-electron chi connectivity index (χ0n) is 14.6. The monoisotopic (exact) mass is 364 g/mol. The minimum absolute atomic E-state index is 0.0341. The van der Waals surface area contributed by atoms with E-state index in [4.69, 9.17) is 11.6 Å². The first kappa shape index (κ1) is 17.9. The summed E-state index contributed by atoms with van der Waals surface area (Å²) < 4.78 is 0. The van der Waals surface area contributed by atoms with Gasteiger partial charge in [0, 0.05) is 68.9 Å². The minimum Gasteiger partial charge on any atom is -0.368 e. The molecule has 25 heavy (non-hydrogen) atoms. The van der Waals surface area contributed by atoms with E-state index in [1.165, 1.54) is 0 Å². The molecule has 136 valence electrons. The maximum Gasteiger partial charge on any atom is 0.317 e. The van der Waals surface area contributed by atoms with Crippen LogP contribution in [0.2, 0.25) is 5.02 Å². The van der Waals surface area contributed by atoms with Crippen molar-refractivity contribution < 1.29 is 9.59 Å². The molecule has 3 amide bonds. The van der Waals surface area contributed by atoms with Crippen molar-refractivity contribution in [3.63, 3.8) is 0 Å². The molecular formula is C18H25ClN4O2. The zero-order chi connectivity index (χ0) is 17.8. The van der Waals surface area contributed by atoms with Crippen LogP contribution in [-0.4, -0.2) is 67.6 Å². The molecule has 0 radical (unpaired) electrons. The molecule has 2 saturated heterocycles. The van der Waals surface area contributed by atoms with E-state index >= 15 is 0 Å². The fraction of sp³-hybridized carbons (Fsp3) is 0.556. The number of likely N-dealkylation sites (tertiary alicyclic amines) is 1. The van der Waals surface area contributed by atoms with Crippen LogP contribution >= 0.6 is 11.6 Å². The molecule has 1 atom stereocenters. The highest BCUT2D eigenvalue weighted by Crippen LogP contribution is 2.21. The maximum atomic E-state index is 12.4. The average molecular weight is 365 g/mol. The Morgan fingerprint density at radius 1 is 1.28 bits per heavy atom. The van der Waals surface area contributed by atoms with Gasteiger partial charge < -0.3 is 20.0 Å². The second kappa shape index (κ2) is 7.95. The largest absolute Gasteiger partial charge is 0.368 e. The predicted molar refractivity (Wildman–Crippen MR) is 99.0 cm³/mol. The van der Waals surface area contributed by atoms with Gasteiger partial charge in [0.05, 0.1) is 0 Å². The molecule has 0 saturated carbocycles. The normalized spacial score (nSPS) is 21.0. The number of carbonyl (C=O) groups excluding carboxylic acids is 2. The lowest BCUT2D eigenvalue weighted by atomic mass is 10.1. The second-order valence-corrected chi connectivity index (χ2v) is 7.08. The lowest BCUT2D eigenvalue weighted by molar-refractivity contribution is -0.127. The summed E-state index contributed by atoms with van der Waals surface area (Å²) >= 11 is 6.05. The summed E-state index contributed by atoms with van der Waals surface area (Å²) in [6.45, 7) is 6.99. The van der Waals surface area contributed by atoms with E-state index in [0.29, 0.717) is 26.1 Å². The predicted octanol–water partition coefficient (Wildman–Crippen LogP) is 2.04. The van der Waals surface area contributed by atoms with Crippen LogP contribution in [0.25, 0.3) is 0 Å². The number of hydrogen-bond acceptors (Lipinski definition) is 3. The highest BCUT2D eigenvalue weighted by atomic mass is 35.5. The molecule has 3 rings (SSSR count). The van der Waals surface area contributed by atoms with Crippen LogP contribution in [0.5, 0.6) is 0 Å². The number of rotatable bonds is 4. The number of urea groups is 1. The molecule has 2 fully saturated rings. The van der Waals surface area contributed by atoms with Crippen LogP contribution in [0.1, 0.15) is 13.3 Å². The van der Waals surface area contributed by atoms with E-state index in [-0.39, 0.29) is 17.9 Å². The summed E-state index contributed by atoms with van der Waals surface area (Å²) in [4.78, 5) is 30.0. The number of benzene rings is 1. The number of carbonyl (C=O) groups is 2. The van der Waals surface area contributed by atoms with Crippen LogP contribution in [0.4, 0.5) is 10.5 Å². The highest BCUT2D eigenvalue weighted by Gasteiger charge is 2.29. The molecule has 2 aliphatic heterocycles. The number of halogens is 1. The molecule has 6 nitrogen and oxygen atoms in total. The lowest BCUT2D eigenvalue weighted by Gasteiger charge is -2.36. The Morgan fingerprint density at radius 3 is 2.68 bits per heavy atom. The van der Waals surface area contributed by atoms with Gasteiger partial charge in [-0.05, 0) is 25.1 Å². The van der Waals surface area contributed by atoms with Gasteiger partial charge in [0.25, 0.3) is 0 Å². The Balaban J connectivity index is 1.43. The first-order valence-electron chi connectivity index (χ1n) is 8.88. The summed E-state index contributed by atoms with van der Waals surface area (Å²) in [5.74, 6) is 0.418. The van der Waals surface area contributed by atoms with Gasteiger partial charge in [-0.3, -0.25) is 4.79 Å². The van der Waals surface area contributed by atoms with Gasteiger partial charge in [0.1, 0.15) is 0 Å². The maximum absolute atomic E-state index is 12.4. The summed E-state index contributed by atoms with van der Waals surface area (Å²) in [7, 11) is 0. The Morgan fingerprint density at radius 2 is 2.04 bits per heavy atom. The van der Waals surface area contributed by atoms with Gasteiger partial charge >= 0.3 is 6.03 Å². The zero-order valence-corrected chi connectivity index (χ0v) is 15.3. The van der Waals surface area contributed by atoms with E-state index in [1.807, 2.05) is 41.0 Å². The molecular weight excluding hydrogens is 340 g/mol. The Kier molecular flexibility index (Phi) is 5.68. The van der Waals surface area contributed by atoms with Crippen LogP contribution in [0, 0.1) is 5.92 Å². The van der Waals surface area contributed by atoms with Gasteiger partial charge in [-0.25, -0.2) is 4.79 Å². The van der Waals surface area contributed by atoms with Gasteiger partial charge in [0.2, 0.25) is 5.91 Å². The molecule has 0 aliphatic carbocycles. The number of nitrogens with one attached hydrogen (secondary N) is 1. The smallest absolute Gasteiger partial charge is 0.317 e. The molecule has 0 unspecified atom stereocenters. The van der Waals surface area contributed by atoms with Gasteiger partial charge in [-0.1, -0.05) is 17.7 Å². The van der Waals surface area contributed by atoms with Gasteiger partial charge in [0.15, 0.2) is 0 Å². The number of hydrogen-bond donors (Lipinski definition) is 1. The first-order chi connectivity index (χ1) is 12.1. The van der Waals surface area contributed by atoms with E-state index in [0.717, 1.165) is 36.9 Å². The molecule has 0 bridgehead atoms. The van der Waals surface area contributed by atoms with E-state index < -0.39 is 0 Å². The molecule has 2 aliphatic rings. The number of nitrogens with zero attached hydrogens (tertiary/aromatic N) is 3. The quantitative estimate of drug-likeness (QED) is 0.889. The topological polar surface area (TPSA) is 55.9 Å². The number of piperazine rings is 1. The van der Waals surface area contributed by atoms with Crippen LogP contribution in [-0.2, 0) is 4.79 Å². The van der Waals surface area contributed by atoms with Crippen LogP contribution in [0.3, 0.4) is 0 Å². The summed E-state index contributed by atoms with van der Waals surface area (Å²) in [5, 5.41) is 3.72. The highest BCUT2D eigenvalue weighted by molar-refractivity contribution is 6.30. The molecule has 1 N–H and O–H groups in total. The summed E-state index contributed by atoms with van der Waals surface area (Å²) in [6.07, 6.45) is 0.538. The fourth-order valence-electron chi connectivity index (χ4n) is 3.48. The standard InChI is InChI=1S/C18H25ClN4O2/c1-2-21-13-14(10-17(21)24)12-20-18(25)23-8-6-22(7-9-23)16-5-3-4-15(19)11-16/h3-5,11,14H,2,6-10,12-13H2,1H3,(H,20,25)/t14-/m1/s1. The SMILES string of the molecule is CCN1C[C@@H](CNC(=O)N2CCN(c3cccc(Cl)c3)CC2)CC1=O. The Hall–Kier alpha value is -1.95. The van der Waals surface area contributed by atoms with Gasteiger partial charge in [-0.15, -0.1) is 0 Å². The van der Waals surface area contributed by atoms with Crippen molar-refractivity contribution in [3.8, 4) is 0 Å². The third-order valence-electron chi connectivity index (χ3n) is 4.96. The van der Waals surface area contributed by atoms with E-state index in [9.17, 15) is 9.59 Å². The van der Waals surface area contributed by atoms with Gasteiger partial charge in [-0.2, -0.15) is 0 Å². The molecule has 0 spiro atoms. The summed E-state index contributed by atoms with van der Waals surface area (Å²) in [5.41, 5.74) is 1.09. The first-order valence-corrected chi connectivity index (χ1v) is 9.25. The van der Waals surface area contributed by atoms with Crippen molar-refractivity contribution >= 4 is 29.2 Å². The molecule has 2 heterocycles. The fourth-order valence-corrected chi connectivity index (χ4v) is 3.66. The lowest BCUT2D eigenvalue weighted by Crippen LogP contribution is -2.52. The second-order valence-electron chi connectivity index (χ2n) is 6.64. The van der Waals surface area contributed by atoms with Crippen LogP contribution < -0.4 is 10.2 Å². The van der Waals surface area contributed by atoms with Crippen LogP contribution in [0.15, 0.2) is 24.3 Å². The summed E-state index contributed by atoms with van der Waals surface area (Å²) in [6, 6.07) is 7.76. The molecule has 0 aromatic heterocycles. The number of amides is 3. The molecule has 1 aromatic carbocycles. The van der Waals surface area contributed by atoms with Crippen molar-refractivity contribution in [1.29, 1.82) is 0 Å². The molecule has 7 heteroatoms.